The summed E-state index contributed by atoms with van der Waals surface area (Å²) in [7, 11) is 0. The molecule has 1 heterocycles. The van der Waals surface area contributed by atoms with E-state index in [1.54, 1.807) is 0 Å². The maximum absolute atomic E-state index is 2.63. The van der Waals surface area contributed by atoms with Crippen LogP contribution in [0.4, 0.5) is 0 Å². The van der Waals surface area contributed by atoms with Gasteiger partial charge in [0.25, 0.3) is 0 Å². The van der Waals surface area contributed by atoms with E-state index in [-0.39, 0.29) is 6.15 Å². The second-order valence-electron chi connectivity index (χ2n) is 5.42. The Morgan fingerprint density at radius 1 is 1.25 bits per heavy atom. The van der Waals surface area contributed by atoms with Crippen LogP contribution in [0.1, 0.15) is 25.3 Å². The SMILES string of the molecule is CC1CN(Cc2ccccc2)CC12CC2.N. The molecule has 0 aromatic heterocycles. The molecule has 16 heavy (non-hydrogen) atoms. The van der Waals surface area contributed by atoms with Crippen LogP contribution in [0.3, 0.4) is 0 Å². The fraction of sp³-hybridized carbons (Fsp3) is 0.571. The van der Waals surface area contributed by atoms with Crippen molar-refractivity contribution in [3.8, 4) is 0 Å². The lowest BCUT2D eigenvalue weighted by Gasteiger charge is -2.15. The van der Waals surface area contributed by atoms with Crippen molar-refractivity contribution in [3.05, 3.63) is 35.9 Å². The molecule has 1 aliphatic heterocycles. The standard InChI is InChI=1S/C14H19N.H3N/c1-12-9-15(11-14(12)7-8-14)10-13-5-3-2-4-6-13;/h2-6,12H,7-11H2,1H3;1H3. The Morgan fingerprint density at radius 3 is 2.50 bits per heavy atom. The molecule has 1 saturated heterocycles. The molecule has 2 heteroatoms. The largest absolute Gasteiger partial charge is 0.344 e. The van der Waals surface area contributed by atoms with Crippen molar-refractivity contribution in [2.24, 2.45) is 11.3 Å². The predicted octanol–water partition coefficient (Wildman–Crippen LogP) is 3.08. The summed E-state index contributed by atoms with van der Waals surface area (Å²) < 4.78 is 0. The summed E-state index contributed by atoms with van der Waals surface area (Å²) in [5.74, 6) is 0.918. The van der Waals surface area contributed by atoms with E-state index in [1.165, 1.54) is 31.5 Å². The average molecular weight is 218 g/mol. The molecule has 1 saturated carbocycles. The van der Waals surface area contributed by atoms with Gasteiger partial charge in [-0.2, -0.15) is 0 Å². The van der Waals surface area contributed by atoms with E-state index in [0.29, 0.717) is 0 Å². The molecule has 3 N–H and O–H groups in total. The monoisotopic (exact) mass is 218 g/mol. The van der Waals surface area contributed by atoms with Crippen LogP contribution >= 0.6 is 0 Å². The van der Waals surface area contributed by atoms with Crippen molar-refractivity contribution >= 4 is 0 Å². The molecule has 0 bridgehead atoms. The Labute approximate surface area is 98.2 Å². The molecule has 0 radical (unpaired) electrons. The van der Waals surface area contributed by atoms with E-state index in [9.17, 15) is 0 Å². The third-order valence-corrected chi connectivity index (χ3v) is 4.26. The molecule has 2 nitrogen and oxygen atoms in total. The number of rotatable bonds is 2. The number of hydrogen-bond acceptors (Lipinski definition) is 2. The van der Waals surface area contributed by atoms with Gasteiger partial charge in [-0.3, -0.25) is 4.90 Å². The van der Waals surface area contributed by atoms with Gasteiger partial charge in [-0.15, -0.1) is 0 Å². The third kappa shape index (κ3) is 2.00. The van der Waals surface area contributed by atoms with Gasteiger partial charge < -0.3 is 6.15 Å². The first-order chi connectivity index (χ1) is 7.28. The van der Waals surface area contributed by atoms with Crippen LogP contribution in [0.5, 0.6) is 0 Å². The van der Waals surface area contributed by atoms with Gasteiger partial charge in [-0.25, -0.2) is 0 Å². The van der Waals surface area contributed by atoms with Crippen LogP contribution in [-0.4, -0.2) is 18.0 Å². The van der Waals surface area contributed by atoms with Gasteiger partial charge in [-0.1, -0.05) is 37.3 Å². The van der Waals surface area contributed by atoms with E-state index < -0.39 is 0 Å². The summed E-state index contributed by atoms with van der Waals surface area (Å²) in [4.78, 5) is 2.63. The summed E-state index contributed by atoms with van der Waals surface area (Å²) in [5, 5.41) is 0. The number of nitrogens with zero attached hydrogens (tertiary/aromatic N) is 1. The van der Waals surface area contributed by atoms with Crippen LogP contribution in [0.15, 0.2) is 30.3 Å². The van der Waals surface area contributed by atoms with E-state index >= 15 is 0 Å². The molecular formula is C14H22N2. The van der Waals surface area contributed by atoms with E-state index in [0.717, 1.165) is 17.9 Å². The van der Waals surface area contributed by atoms with Crippen molar-refractivity contribution < 1.29 is 0 Å². The fourth-order valence-electron chi connectivity index (χ4n) is 3.02. The summed E-state index contributed by atoms with van der Waals surface area (Å²) in [6.07, 6.45) is 2.94. The molecule has 1 aliphatic carbocycles. The fourth-order valence-corrected chi connectivity index (χ4v) is 3.02. The minimum Gasteiger partial charge on any atom is -0.344 e. The molecule has 1 aromatic rings. The van der Waals surface area contributed by atoms with Crippen molar-refractivity contribution in [1.29, 1.82) is 0 Å². The normalized spacial score (nSPS) is 26.7. The van der Waals surface area contributed by atoms with Crippen molar-refractivity contribution in [2.75, 3.05) is 13.1 Å². The zero-order valence-electron chi connectivity index (χ0n) is 10.2. The van der Waals surface area contributed by atoms with Crippen LogP contribution in [0.25, 0.3) is 0 Å². The summed E-state index contributed by atoms with van der Waals surface area (Å²) in [6, 6.07) is 10.9. The van der Waals surface area contributed by atoms with Gasteiger partial charge in [0.2, 0.25) is 0 Å². The Bertz CT molecular complexity index is 343. The van der Waals surface area contributed by atoms with Crippen LogP contribution < -0.4 is 6.15 Å². The number of benzene rings is 1. The lowest BCUT2D eigenvalue weighted by atomic mass is 9.95. The lowest BCUT2D eigenvalue weighted by molar-refractivity contribution is 0.311. The first kappa shape index (κ1) is 11.6. The van der Waals surface area contributed by atoms with Crippen LogP contribution in [-0.2, 0) is 6.54 Å². The Kier molecular flexibility index (Phi) is 3.04. The van der Waals surface area contributed by atoms with E-state index in [1.807, 2.05) is 0 Å². The average Bonchev–Trinajstić information content (AvgIpc) is 2.93. The topological polar surface area (TPSA) is 38.2 Å². The van der Waals surface area contributed by atoms with Crippen LogP contribution in [0.2, 0.25) is 0 Å². The highest BCUT2D eigenvalue weighted by atomic mass is 15.2. The third-order valence-electron chi connectivity index (χ3n) is 4.26. The van der Waals surface area contributed by atoms with E-state index in [2.05, 4.69) is 42.2 Å². The molecule has 2 fully saturated rings. The molecule has 88 valence electrons. The van der Waals surface area contributed by atoms with Gasteiger partial charge in [0, 0.05) is 19.6 Å². The van der Waals surface area contributed by atoms with Crippen molar-refractivity contribution in [3.63, 3.8) is 0 Å². The first-order valence-electron chi connectivity index (χ1n) is 6.05. The van der Waals surface area contributed by atoms with Crippen molar-refractivity contribution in [2.45, 2.75) is 26.3 Å². The number of likely N-dealkylation sites (tertiary alicyclic amines) is 1. The smallest absolute Gasteiger partial charge is 0.0234 e. The highest BCUT2D eigenvalue weighted by molar-refractivity contribution is 5.15. The zero-order chi connectivity index (χ0) is 10.3. The van der Waals surface area contributed by atoms with Gasteiger partial charge in [0.15, 0.2) is 0 Å². The molecule has 2 aliphatic rings. The van der Waals surface area contributed by atoms with Gasteiger partial charge in [-0.05, 0) is 29.7 Å². The van der Waals surface area contributed by atoms with Crippen molar-refractivity contribution in [1.82, 2.24) is 11.1 Å². The zero-order valence-corrected chi connectivity index (χ0v) is 10.2. The minimum atomic E-state index is 0. The second-order valence-corrected chi connectivity index (χ2v) is 5.42. The predicted molar refractivity (Wildman–Crippen MR) is 67.6 cm³/mol. The summed E-state index contributed by atoms with van der Waals surface area (Å²) in [6.45, 7) is 6.21. The number of hydrogen-bond donors (Lipinski definition) is 1. The van der Waals surface area contributed by atoms with Crippen LogP contribution in [0, 0.1) is 11.3 Å². The first-order valence-corrected chi connectivity index (χ1v) is 6.05. The highest BCUT2D eigenvalue weighted by Crippen LogP contribution is 2.56. The molecule has 0 amide bonds. The van der Waals surface area contributed by atoms with Gasteiger partial charge in [0.05, 0.1) is 0 Å². The molecular weight excluding hydrogens is 196 g/mol. The lowest BCUT2D eigenvalue weighted by Crippen LogP contribution is -2.20. The quantitative estimate of drug-likeness (QED) is 0.828. The van der Waals surface area contributed by atoms with Gasteiger partial charge >= 0.3 is 0 Å². The molecule has 1 spiro atoms. The Morgan fingerprint density at radius 2 is 1.94 bits per heavy atom. The Hall–Kier alpha value is -0.860. The molecule has 1 atom stereocenters. The highest BCUT2D eigenvalue weighted by Gasteiger charge is 2.52. The summed E-state index contributed by atoms with van der Waals surface area (Å²) >= 11 is 0. The molecule has 1 unspecified atom stereocenters. The van der Waals surface area contributed by atoms with Gasteiger partial charge in [0.1, 0.15) is 0 Å². The second kappa shape index (κ2) is 4.19. The summed E-state index contributed by atoms with van der Waals surface area (Å²) in [5.41, 5.74) is 2.19. The maximum atomic E-state index is 2.63. The maximum Gasteiger partial charge on any atom is 0.0234 e. The Balaban J connectivity index is 0.000000963. The molecule has 3 rings (SSSR count). The minimum absolute atomic E-state index is 0. The van der Waals surface area contributed by atoms with E-state index in [4.69, 9.17) is 0 Å². The molecule has 1 aromatic carbocycles.